The predicted octanol–water partition coefficient (Wildman–Crippen LogP) is 0.753. The first-order valence-corrected chi connectivity index (χ1v) is 5.78. The van der Waals surface area contributed by atoms with Crippen molar-refractivity contribution >= 4 is 11.5 Å². The zero-order valence-electron chi connectivity index (χ0n) is 11.1. The third kappa shape index (κ3) is 4.21. The first-order chi connectivity index (χ1) is 8.32. The van der Waals surface area contributed by atoms with E-state index in [1.54, 1.807) is 23.2 Å². The number of aliphatic imine (C=N–C) groups is 1. The molecule has 0 aliphatic carbocycles. The Bertz CT molecular complexity index is 453. The summed E-state index contributed by atoms with van der Waals surface area (Å²) in [6, 6.07) is 0. The van der Waals surface area contributed by atoms with Crippen molar-refractivity contribution in [1.29, 1.82) is 0 Å². The van der Waals surface area contributed by atoms with Gasteiger partial charge in [0, 0.05) is 11.1 Å². The van der Waals surface area contributed by atoms with Crippen molar-refractivity contribution in [3.63, 3.8) is 0 Å². The second-order valence-corrected chi connectivity index (χ2v) is 5.07. The highest BCUT2D eigenvalue weighted by molar-refractivity contribution is 5.93. The van der Waals surface area contributed by atoms with E-state index < -0.39 is 0 Å². The largest absolute Gasteiger partial charge is 0.401 e. The van der Waals surface area contributed by atoms with E-state index in [9.17, 15) is 0 Å². The van der Waals surface area contributed by atoms with Crippen molar-refractivity contribution in [2.45, 2.75) is 27.3 Å². The smallest absolute Gasteiger partial charge is 0.125 e. The van der Waals surface area contributed by atoms with Crippen LogP contribution in [0, 0.1) is 5.41 Å². The lowest BCUT2D eigenvalue weighted by molar-refractivity contribution is 0.269. The van der Waals surface area contributed by atoms with Gasteiger partial charge in [-0.2, -0.15) is 5.10 Å². The third-order valence-corrected chi connectivity index (χ3v) is 2.38. The minimum atomic E-state index is -0.138. The molecule has 0 aliphatic heterocycles. The van der Waals surface area contributed by atoms with Crippen LogP contribution in [-0.4, -0.2) is 27.3 Å². The van der Waals surface area contributed by atoms with Crippen molar-refractivity contribution in [3.8, 4) is 0 Å². The van der Waals surface area contributed by atoms with Gasteiger partial charge >= 0.3 is 0 Å². The lowest BCUT2D eigenvalue weighted by atomic mass is 9.92. The number of rotatable bonds is 4. The molecule has 1 heterocycles. The number of amidine groups is 1. The monoisotopic (exact) mass is 251 g/mol. The van der Waals surface area contributed by atoms with Crippen LogP contribution in [0.1, 0.15) is 20.8 Å². The summed E-state index contributed by atoms with van der Waals surface area (Å²) in [5, 5.41) is 12.8. The van der Waals surface area contributed by atoms with Gasteiger partial charge in [0.1, 0.15) is 11.5 Å². The van der Waals surface area contributed by atoms with Crippen LogP contribution in [0.2, 0.25) is 0 Å². The third-order valence-electron chi connectivity index (χ3n) is 2.38. The molecular formula is C12H21N5O. The summed E-state index contributed by atoms with van der Waals surface area (Å²) in [4.78, 5) is 4.19. The molecule has 0 fully saturated rings. The summed E-state index contributed by atoms with van der Waals surface area (Å²) in [6.07, 6.45) is 4.96. The van der Waals surface area contributed by atoms with Crippen LogP contribution < -0.4 is 11.5 Å². The summed E-state index contributed by atoms with van der Waals surface area (Å²) in [7, 11) is 0. The second kappa shape index (κ2) is 5.68. The molecule has 1 aromatic heterocycles. The van der Waals surface area contributed by atoms with Gasteiger partial charge in [0.15, 0.2) is 0 Å². The Hall–Kier alpha value is -1.82. The highest BCUT2D eigenvalue weighted by Gasteiger charge is 2.13. The molecule has 1 aromatic rings. The van der Waals surface area contributed by atoms with Gasteiger partial charge in [-0.05, 0) is 6.08 Å². The van der Waals surface area contributed by atoms with Crippen molar-refractivity contribution in [1.82, 2.24) is 9.78 Å². The first-order valence-electron chi connectivity index (χ1n) is 5.78. The molecule has 0 bridgehead atoms. The van der Waals surface area contributed by atoms with Crippen LogP contribution in [0.4, 0.5) is 5.69 Å². The van der Waals surface area contributed by atoms with E-state index >= 15 is 0 Å². The molecule has 0 aromatic carbocycles. The minimum Gasteiger partial charge on any atom is -0.401 e. The maximum atomic E-state index is 8.77. The van der Waals surface area contributed by atoms with Gasteiger partial charge in [-0.15, -0.1) is 0 Å². The Balaban J connectivity index is 2.82. The maximum Gasteiger partial charge on any atom is 0.125 e. The van der Waals surface area contributed by atoms with E-state index in [1.165, 1.54) is 0 Å². The van der Waals surface area contributed by atoms with Crippen LogP contribution in [0.15, 0.2) is 29.2 Å². The molecule has 0 atom stereocenters. The molecule has 18 heavy (non-hydrogen) atoms. The van der Waals surface area contributed by atoms with Crippen molar-refractivity contribution < 1.29 is 5.11 Å². The Labute approximate surface area is 107 Å². The van der Waals surface area contributed by atoms with E-state index in [4.69, 9.17) is 16.6 Å². The van der Waals surface area contributed by atoms with E-state index in [0.717, 1.165) is 0 Å². The molecule has 0 amide bonds. The van der Waals surface area contributed by atoms with E-state index in [1.807, 2.05) is 20.8 Å². The van der Waals surface area contributed by atoms with Gasteiger partial charge in [0.2, 0.25) is 0 Å². The van der Waals surface area contributed by atoms with Gasteiger partial charge in [-0.25, -0.2) is 4.99 Å². The summed E-state index contributed by atoms with van der Waals surface area (Å²) < 4.78 is 1.60. The Morgan fingerprint density at radius 3 is 2.72 bits per heavy atom. The van der Waals surface area contributed by atoms with Crippen molar-refractivity contribution in [3.05, 3.63) is 24.2 Å². The lowest BCUT2D eigenvalue weighted by Gasteiger charge is -2.18. The molecule has 6 heteroatoms. The zero-order chi connectivity index (χ0) is 13.8. The number of aliphatic hydroxyl groups is 1. The molecule has 0 saturated heterocycles. The normalized spacial score (nSPS) is 14.0. The summed E-state index contributed by atoms with van der Waals surface area (Å²) in [5.74, 6) is 0.339. The van der Waals surface area contributed by atoms with Gasteiger partial charge in [0.05, 0.1) is 25.5 Å². The fraction of sp³-hybridized carbons (Fsp3) is 0.500. The van der Waals surface area contributed by atoms with E-state index in [0.29, 0.717) is 23.8 Å². The van der Waals surface area contributed by atoms with Crippen LogP contribution in [-0.2, 0) is 6.54 Å². The van der Waals surface area contributed by atoms with Gasteiger partial charge < -0.3 is 16.6 Å². The molecular weight excluding hydrogens is 230 g/mol. The Morgan fingerprint density at radius 1 is 1.50 bits per heavy atom. The van der Waals surface area contributed by atoms with Gasteiger partial charge in [-0.3, -0.25) is 4.68 Å². The summed E-state index contributed by atoms with van der Waals surface area (Å²) >= 11 is 0. The van der Waals surface area contributed by atoms with Crippen LogP contribution >= 0.6 is 0 Å². The molecule has 5 N–H and O–H groups in total. The van der Waals surface area contributed by atoms with Crippen molar-refractivity contribution in [2.24, 2.45) is 21.9 Å². The van der Waals surface area contributed by atoms with Crippen LogP contribution in [0.5, 0.6) is 0 Å². The molecule has 1 rings (SSSR count). The van der Waals surface area contributed by atoms with Crippen molar-refractivity contribution in [2.75, 3.05) is 6.61 Å². The van der Waals surface area contributed by atoms with Gasteiger partial charge in [0.25, 0.3) is 0 Å². The first kappa shape index (κ1) is 14.2. The minimum absolute atomic E-state index is 0.0389. The highest BCUT2D eigenvalue weighted by Crippen LogP contribution is 2.20. The Kier molecular flexibility index (Phi) is 4.49. The number of nitrogens with two attached hydrogens (primary N) is 2. The average molecular weight is 251 g/mol. The van der Waals surface area contributed by atoms with E-state index in [2.05, 4.69) is 10.1 Å². The lowest BCUT2D eigenvalue weighted by Crippen LogP contribution is -2.20. The van der Waals surface area contributed by atoms with Gasteiger partial charge in [-0.1, -0.05) is 20.8 Å². The molecule has 0 spiro atoms. The Morgan fingerprint density at radius 2 is 2.17 bits per heavy atom. The van der Waals surface area contributed by atoms with Crippen LogP contribution in [0.3, 0.4) is 0 Å². The quantitative estimate of drug-likeness (QED) is 0.543. The van der Waals surface area contributed by atoms with Crippen LogP contribution in [0.25, 0.3) is 0 Å². The highest BCUT2D eigenvalue weighted by atomic mass is 16.3. The molecule has 100 valence electrons. The number of hydrogen-bond donors (Lipinski definition) is 3. The molecule has 0 radical (unpaired) electrons. The number of nitrogens with zero attached hydrogens (tertiary/aromatic N) is 3. The van der Waals surface area contributed by atoms with E-state index in [-0.39, 0.29) is 12.0 Å². The zero-order valence-corrected chi connectivity index (χ0v) is 11.1. The second-order valence-electron chi connectivity index (χ2n) is 5.07. The molecule has 6 nitrogen and oxygen atoms in total. The molecule has 0 unspecified atom stereocenters. The SMILES string of the molecule is CC(C)(C)C(N)=CC(N)=Nc1cnn(CCO)c1. The number of aliphatic hydroxyl groups excluding tert-OH is 1. The average Bonchev–Trinajstić information content (AvgIpc) is 2.64. The maximum absolute atomic E-state index is 8.77. The standard InChI is InChI=1S/C12H21N5O/c1-12(2,3)10(13)6-11(14)16-9-7-15-17(8-9)4-5-18/h6-8,18H,4-5,13H2,1-3H3,(H2,14,16). The predicted molar refractivity (Wildman–Crippen MR) is 72.3 cm³/mol. The number of allylic oxidation sites excluding steroid dienone is 1. The fourth-order valence-corrected chi connectivity index (χ4v) is 1.19. The molecule has 0 saturated carbocycles. The summed E-state index contributed by atoms with van der Waals surface area (Å²) in [5.41, 5.74) is 12.9. The number of aromatic nitrogens is 2. The number of hydrogen-bond acceptors (Lipinski definition) is 4. The summed E-state index contributed by atoms with van der Waals surface area (Å²) in [6.45, 7) is 6.49. The topological polar surface area (TPSA) is 102 Å². The molecule has 0 aliphatic rings. The fourth-order valence-electron chi connectivity index (χ4n) is 1.19.